The van der Waals surface area contributed by atoms with Gasteiger partial charge in [0.25, 0.3) is 6.33 Å². The van der Waals surface area contributed by atoms with Crippen molar-refractivity contribution in [3.63, 3.8) is 0 Å². The minimum absolute atomic E-state index is 0. The summed E-state index contributed by atoms with van der Waals surface area (Å²) in [7, 11) is -0.292. The van der Waals surface area contributed by atoms with Crippen LogP contribution in [-0.4, -0.2) is 30.8 Å². The Kier molecular flexibility index (Phi) is 12.4. The zero-order chi connectivity index (χ0) is 17.1. The van der Waals surface area contributed by atoms with Crippen LogP contribution in [0.3, 0.4) is 0 Å². The number of rotatable bonds is 13. The molecule has 0 unspecified atom stereocenters. The number of aromatic nitrogens is 2. The highest BCUT2D eigenvalue weighted by atomic mass is 35.5. The van der Waals surface area contributed by atoms with Crippen LogP contribution >= 0.6 is 0 Å². The first-order valence-electron chi connectivity index (χ1n) is 8.98. The molecule has 1 aromatic heterocycles. The molecule has 0 fully saturated rings. The Morgan fingerprint density at radius 3 is 1.92 bits per heavy atom. The second-order valence-electron chi connectivity index (χ2n) is 6.45. The molecule has 0 saturated heterocycles. The van der Waals surface area contributed by atoms with Gasteiger partial charge in [0, 0.05) is 14.1 Å². The fraction of sp³-hybridized carbons (Fsp3) is 0.824. The minimum atomic E-state index is -3.38. The van der Waals surface area contributed by atoms with Gasteiger partial charge < -0.3 is 12.4 Å². The van der Waals surface area contributed by atoms with Crippen molar-refractivity contribution < 1.29 is 25.4 Å². The number of nitrogens with zero attached hydrogens (tertiary/aromatic N) is 3. The number of hydrogen-bond donors (Lipinski definition) is 0. The van der Waals surface area contributed by atoms with E-state index in [4.69, 9.17) is 0 Å². The van der Waals surface area contributed by atoms with E-state index in [1.807, 2.05) is 10.8 Å². The third kappa shape index (κ3) is 8.49. The van der Waals surface area contributed by atoms with Gasteiger partial charge in [-0.05, 0) is 12.8 Å². The van der Waals surface area contributed by atoms with Gasteiger partial charge in [-0.15, -0.1) is 3.97 Å². The summed E-state index contributed by atoms with van der Waals surface area (Å²) < 4.78 is 28.4. The van der Waals surface area contributed by atoms with Crippen molar-refractivity contribution in [2.45, 2.75) is 77.7 Å². The van der Waals surface area contributed by atoms with Crippen LogP contribution < -0.4 is 17.0 Å². The van der Waals surface area contributed by atoms with E-state index in [-0.39, 0.29) is 12.4 Å². The first-order chi connectivity index (χ1) is 11.0. The fourth-order valence-corrected chi connectivity index (χ4v) is 3.44. The van der Waals surface area contributed by atoms with Crippen LogP contribution in [0.4, 0.5) is 0 Å². The normalized spacial score (nSPS) is 11.7. The van der Waals surface area contributed by atoms with E-state index in [1.165, 1.54) is 66.1 Å². The highest BCUT2D eigenvalue weighted by Crippen LogP contribution is 2.10. The zero-order valence-electron chi connectivity index (χ0n) is 15.5. The molecule has 0 aliphatic carbocycles. The van der Waals surface area contributed by atoms with Crippen LogP contribution in [0, 0.1) is 0 Å². The van der Waals surface area contributed by atoms with Crippen molar-refractivity contribution in [3.8, 4) is 0 Å². The molecular formula is C17H34ClN3O2S. The number of unbranched alkanes of at least 4 members (excludes halogenated alkanes) is 9. The molecule has 0 aliphatic rings. The number of hydrogen-bond acceptors (Lipinski definition) is 2. The molecule has 0 aromatic carbocycles. The van der Waals surface area contributed by atoms with Crippen molar-refractivity contribution >= 4 is 10.2 Å². The van der Waals surface area contributed by atoms with Gasteiger partial charge in [0.2, 0.25) is 0 Å². The maximum absolute atomic E-state index is 12.0. The van der Waals surface area contributed by atoms with Gasteiger partial charge in [0.15, 0.2) is 0 Å². The summed E-state index contributed by atoms with van der Waals surface area (Å²) in [4.78, 5) is 0. The monoisotopic (exact) mass is 379 g/mol. The van der Waals surface area contributed by atoms with E-state index in [0.29, 0.717) is 0 Å². The van der Waals surface area contributed by atoms with Crippen LogP contribution in [0.2, 0.25) is 0 Å². The van der Waals surface area contributed by atoms with Gasteiger partial charge in [-0.3, -0.25) is 0 Å². The highest BCUT2D eigenvalue weighted by Gasteiger charge is 2.22. The SMILES string of the molecule is CCCCCCCCCCCC[n+]1ccn(S(=O)(=O)N(C)C)c1.[Cl-]. The summed E-state index contributed by atoms with van der Waals surface area (Å²) in [6.45, 7) is 3.13. The summed E-state index contributed by atoms with van der Waals surface area (Å²) in [6.07, 6.45) is 18.2. The van der Waals surface area contributed by atoms with Gasteiger partial charge in [-0.1, -0.05) is 58.3 Å². The van der Waals surface area contributed by atoms with Crippen LogP contribution in [0.15, 0.2) is 18.7 Å². The molecule has 0 bridgehead atoms. The van der Waals surface area contributed by atoms with E-state index in [0.717, 1.165) is 13.0 Å². The average Bonchev–Trinajstić information content (AvgIpc) is 2.98. The van der Waals surface area contributed by atoms with Gasteiger partial charge in [-0.25, -0.2) is 4.57 Å². The molecule has 0 radical (unpaired) electrons. The van der Waals surface area contributed by atoms with E-state index >= 15 is 0 Å². The van der Waals surface area contributed by atoms with E-state index < -0.39 is 10.2 Å². The predicted octanol–water partition coefficient (Wildman–Crippen LogP) is 0.355. The van der Waals surface area contributed by atoms with E-state index in [9.17, 15) is 8.42 Å². The lowest BCUT2D eigenvalue weighted by molar-refractivity contribution is -0.696. The molecule has 5 nitrogen and oxygen atoms in total. The van der Waals surface area contributed by atoms with Crippen LogP contribution in [0.5, 0.6) is 0 Å². The van der Waals surface area contributed by atoms with Gasteiger partial charge in [-0.2, -0.15) is 12.7 Å². The molecule has 0 amide bonds. The number of aryl methyl sites for hydroxylation is 1. The van der Waals surface area contributed by atoms with Crippen molar-refractivity contribution in [2.24, 2.45) is 0 Å². The molecule has 24 heavy (non-hydrogen) atoms. The van der Waals surface area contributed by atoms with Crippen LogP contribution in [-0.2, 0) is 16.8 Å². The third-order valence-electron chi connectivity index (χ3n) is 4.16. The second kappa shape index (κ2) is 12.7. The van der Waals surface area contributed by atoms with Crippen LogP contribution in [0.1, 0.15) is 71.1 Å². The number of imidazole rings is 1. The Morgan fingerprint density at radius 2 is 1.42 bits per heavy atom. The Balaban J connectivity index is 0.00000529. The largest absolute Gasteiger partial charge is 1.00 e. The number of halogens is 1. The topological polar surface area (TPSA) is 46.2 Å². The van der Waals surface area contributed by atoms with E-state index in [2.05, 4.69) is 6.92 Å². The van der Waals surface area contributed by atoms with Crippen molar-refractivity contribution in [1.82, 2.24) is 8.28 Å². The molecular weight excluding hydrogens is 346 g/mol. The highest BCUT2D eigenvalue weighted by molar-refractivity contribution is 7.87. The molecule has 0 spiro atoms. The van der Waals surface area contributed by atoms with E-state index in [1.54, 1.807) is 26.6 Å². The Labute approximate surface area is 154 Å². The predicted molar refractivity (Wildman–Crippen MR) is 94.5 cm³/mol. The maximum atomic E-state index is 12.0. The van der Waals surface area contributed by atoms with Gasteiger partial charge in [0.1, 0.15) is 12.4 Å². The summed E-state index contributed by atoms with van der Waals surface area (Å²) in [5.41, 5.74) is 0. The Morgan fingerprint density at radius 1 is 0.917 bits per heavy atom. The van der Waals surface area contributed by atoms with Crippen molar-refractivity contribution in [2.75, 3.05) is 14.1 Å². The molecule has 0 aliphatic heterocycles. The minimum Gasteiger partial charge on any atom is -1.00 e. The smallest absolute Gasteiger partial charge is 0.379 e. The molecule has 1 aromatic rings. The second-order valence-corrected chi connectivity index (χ2v) is 8.50. The molecule has 142 valence electrons. The van der Waals surface area contributed by atoms with Crippen LogP contribution in [0.25, 0.3) is 0 Å². The zero-order valence-corrected chi connectivity index (χ0v) is 17.0. The van der Waals surface area contributed by atoms with Gasteiger partial charge >= 0.3 is 10.2 Å². The first-order valence-corrected chi connectivity index (χ1v) is 10.4. The Bertz CT molecular complexity index is 530. The van der Waals surface area contributed by atoms with Gasteiger partial charge in [0.05, 0.1) is 6.54 Å². The lowest BCUT2D eigenvalue weighted by Crippen LogP contribution is -3.00. The molecule has 1 heterocycles. The quantitative estimate of drug-likeness (QED) is 0.367. The lowest BCUT2D eigenvalue weighted by Gasteiger charge is -2.05. The molecule has 0 atom stereocenters. The Hall–Kier alpha value is -0.590. The summed E-state index contributed by atoms with van der Waals surface area (Å²) >= 11 is 0. The molecule has 1 rings (SSSR count). The lowest BCUT2D eigenvalue weighted by atomic mass is 10.1. The summed E-state index contributed by atoms with van der Waals surface area (Å²) in [5, 5.41) is 0. The van der Waals surface area contributed by atoms with Crippen molar-refractivity contribution in [3.05, 3.63) is 18.7 Å². The maximum Gasteiger partial charge on any atom is 0.379 e. The summed E-state index contributed by atoms with van der Waals surface area (Å²) in [5.74, 6) is 0. The molecule has 7 heteroatoms. The third-order valence-corrected chi connectivity index (χ3v) is 5.84. The molecule has 0 saturated carbocycles. The molecule has 0 N–H and O–H groups in total. The summed E-state index contributed by atoms with van der Waals surface area (Å²) in [6, 6.07) is 0. The first kappa shape index (κ1) is 23.4. The fourth-order valence-electron chi connectivity index (χ4n) is 2.61. The van der Waals surface area contributed by atoms with Crippen molar-refractivity contribution in [1.29, 1.82) is 0 Å². The average molecular weight is 380 g/mol. The standard InChI is InChI=1S/C17H34N3O2S.ClH/c1-4-5-6-7-8-9-10-11-12-13-14-19-15-16-20(17-19)23(21,22)18(2)3;/h15-17H,4-14H2,1-3H3;1H/q+1;/p-1.